The lowest BCUT2D eigenvalue weighted by Gasteiger charge is -2.36. The number of ketones is 1. The summed E-state index contributed by atoms with van der Waals surface area (Å²) in [5.74, 6) is -0.919. The van der Waals surface area contributed by atoms with Crippen molar-refractivity contribution < 1.29 is 43.0 Å². The maximum Gasteiger partial charge on any atom is 0.414 e. The zero-order valence-corrected chi connectivity index (χ0v) is 24.9. The molecule has 1 aromatic heterocycles. The van der Waals surface area contributed by atoms with E-state index in [-0.39, 0.29) is 30.3 Å². The Balaban J connectivity index is 1.22. The van der Waals surface area contributed by atoms with Crippen LogP contribution < -0.4 is 20.4 Å². The summed E-state index contributed by atoms with van der Waals surface area (Å²) >= 11 is 0. The van der Waals surface area contributed by atoms with E-state index in [9.17, 15) is 24.3 Å². The van der Waals surface area contributed by atoms with Crippen LogP contribution in [0.5, 0.6) is 0 Å². The molecule has 5 rings (SSSR count). The van der Waals surface area contributed by atoms with Crippen molar-refractivity contribution in [3.8, 4) is 0 Å². The molecule has 0 radical (unpaired) electrons. The molecule has 3 aromatic rings. The molecular formula is C31H33FN6O8. The lowest BCUT2D eigenvalue weighted by Crippen LogP contribution is -2.46. The highest BCUT2D eigenvalue weighted by molar-refractivity contribution is 6.06. The summed E-state index contributed by atoms with van der Waals surface area (Å²) in [6.45, 7) is 4.06. The van der Waals surface area contributed by atoms with E-state index >= 15 is 4.39 Å². The van der Waals surface area contributed by atoms with Gasteiger partial charge in [0.05, 0.1) is 36.6 Å². The zero-order valence-electron chi connectivity index (χ0n) is 24.9. The molecule has 46 heavy (non-hydrogen) atoms. The quantitative estimate of drug-likeness (QED) is 0.106. The molecule has 3 heterocycles. The highest BCUT2D eigenvalue weighted by Crippen LogP contribution is 2.29. The number of nitrogens with one attached hydrogen (secondary N) is 2. The second-order valence-electron chi connectivity index (χ2n) is 10.8. The van der Waals surface area contributed by atoms with Crippen molar-refractivity contribution in [3.05, 3.63) is 83.1 Å². The summed E-state index contributed by atoms with van der Waals surface area (Å²) in [7, 11) is 0. The predicted molar refractivity (Wildman–Crippen MR) is 163 cm³/mol. The first-order chi connectivity index (χ1) is 22.1. The molecule has 2 atom stereocenters. The summed E-state index contributed by atoms with van der Waals surface area (Å²) in [5.41, 5.74) is 1.23. The van der Waals surface area contributed by atoms with Crippen molar-refractivity contribution in [3.63, 3.8) is 0 Å². The summed E-state index contributed by atoms with van der Waals surface area (Å²) < 4.78 is 26.4. The number of anilines is 2. The second-order valence-corrected chi connectivity index (χ2v) is 10.8. The molecule has 0 aliphatic carbocycles. The van der Waals surface area contributed by atoms with Crippen LogP contribution in [0.3, 0.4) is 0 Å². The van der Waals surface area contributed by atoms with Gasteiger partial charge in [-0.25, -0.2) is 14.0 Å². The number of cyclic esters (lactones) is 1. The Morgan fingerprint density at radius 3 is 2.50 bits per heavy atom. The molecule has 1 unspecified atom stereocenters. The third kappa shape index (κ3) is 7.43. The molecule has 2 aromatic carbocycles. The fraction of sp³-hybridized carbons (Fsp3) is 0.323. The fourth-order valence-electron chi connectivity index (χ4n) is 5.48. The topological polar surface area (TPSA) is 177 Å². The lowest BCUT2D eigenvalue weighted by atomic mass is 9.97. The van der Waals surface area contributed by atoms with Gasteiger partial charge in [0.25, 0.3) is 0 Å². The summed E-state index contributed by atoms with van der Waals surface area (Å²) in [5, 5.41) is 26.4. The number of nitrogens with zero attached hydrogens (tertiary/aromatic N) is 4. The number of oxime groups is 1. The zero-order chi connectivity index (χ0) is 32.8. The number of rotatable bonds is 11. The number of carboxylic acid groups (broad SMARTS) is 1. The van der Waals surface area contributed by atoms with Crippen molar-refractivity contribution in [2.24, 2.45) is 5.16 Å². The van der Waals surface area contributed by atoms with Crippen LogP contribution in [0.4, 0.5) is 25.4 Å². The summed E-state index contributed by atoms with van der Waals surface area (Å²) in [6.07, 6.45) is -1.54. The summed E-state index contributed by atoms with van der Waals surface area (Å²) in [4.78, 5) is 53.7. The van der Waals surface area contributed by atoms with Crippen LogP contribution in [0.2, 0.25) is 0 Å². The van der Waals surface area contributed by atoms with E-state index in [1.807, 2.05) is 4.90 Å². The number of Topliss-reactive ketones (excluding diaryl/α,β-unsaturated/α-hetero) is 1. The average molecular weight is 637 g/mol. The third-order valence-electron chi connectivity index (χ3n) is 7.70. The molecule has 242 valence electrons. The Kier molecular flexibility index (Phi) is 9.81. The normalized spacial score (nSPS) is 17.6. The Morgan fingerprint density at radius 2 is 1.85 bits per heavy atom. The SMILES string of the molecule is CC(=O)NC[C@H]1CN(c2ccc(N3CCN(Cc4cc(C(=O)C(NC(=O)O)c5ccccc5)c(/C=N/O)o4)CC3)c(F)c2)C(=O)O1. The van der Waals surface area contributed by atoms with Crippen LogP contribution in [-0.4, -0.2) is 90.7 Å². The fourth-order valence-corrected chi connectivity index (χ4v) is 5.48. The average Bonchev–Trinajstić information content (AvgIpc) is 3.62. The Hall–Kier alpha value is -5.44. The van der Waals surface area contributed by atoms with Crippen LogP contribution in [0.25, 0.3) is 0 Å². The molecule has 14 nitrogen and oxygen atoms in total. The number of carbonyl (C=O) groups is 4. The van der Waals surface area contributed by atoms with Crippen molar-refractivity contribution in [2.45, 2.75) is 25.6 Å². The van der Waals surface area contributed by atoms with Crippen LogP contribution in [0.15, 0.2) is 64.2 Å². The van der Waals surface area contributed by atoms with Crippen LogP contribution in [0, 0.1) is 5.82 Å². The predicted octanol–water partition coefficient (Wildman–Crippen LogP) is 3.20. The lowest BCUT2D eigenvalue weighted by molar-refractivity contribution is -0.119. The molecule has 0 saturated carbocycles. The molecule has 15 heteroatoms. The van der Waals surface area contributed by atoms with Gasteiger partial charge in [0, 0.05) is 33.1 Å². The van der Waals surface area contributed by atoms with Gasteiger partial charge < -0.3 is 35.0 Å². The van der Waals surface area contributed by atoms with Gasteiger partial charge in [0.15, 0.2) is 11.5 Å². The van der Waals surface area contributed by atoms with Crippen LogP contribution in [-0.2, 0) is 16.1 Å². The molecule has 3 amide bonds. The van der Waals surface area contributed by atoms with Gasteiger partial charge in [0.2, 0.25) is 5.91 Å². The van der Waals surface area contributed by atoms with Gasteiger partial charge in [0.1, 0.15) is 29.9 Å². The largest absolute Gasteiger partial charge is 0.465 e. The number of piperazine rings is 1. The molecular weight excluding hydrogens is 603 g/mol. The molecule has 0 bridgehead atoms. The van der Waals surface area contributed by atoms with Crippen molar-refractivity contribution >= 4 is 41.5 Å². The second kappa shape index (κ2) is 14.1. The summed E-state index contributed by atoms with van der Waals surface area (Å²) in [6, 6.07) is 13.2. The number of hydrogen-bond acceptors (Lipinski definition) is 10. The van der Waals surface area contributed by atoms with Crippen LogP contribution >= 0.6 is 0 Å². The highest BCUT2D eigenvalue weighted by atomic mass is 19.1. The molecule has 2 fully saturated rings. The number of ether oxygens (including phenoxy) is 1. The molecule has 2 aliphatic rings. The van der Waals surface area contributed by atoms with Crippen LogP contribution in [0.1, 0.15) is 40.4 Å². The third-order valence-corrected chi connectivity index (χ3v) is 7.70. The number of carbonyl (C=O) groups excluding carboxylic acids is 3. The van der Waals surface area contributed by atoms with Gasteiger partial charge in [-0.15, -0.1) is 0 Å². The van der Waals surface area contributed by atoms with Gasteiger partial charge in [-0.1, -0.05) is 35.5 Å². The highest BCUT2D eigenvalue weighted by Gasteiger charge is 2.33. The minimum atomic E-state index is -1.38. The number of halogens is 1. The minimum absolute atomic E-state index is 0.0141. The van der Waals surface area contributed by atoms with E-state index in [0.29, 0.717) is 55.4 Å². The first-order valence-electron chi connectivity index (χ1n) is 14.5. The molecule has 2 saturated heterocycles. The Bertz CT molecular complexity index is 1620. The van der Waals surface area contributed by atoms with Gasteiger partial charge in [-0.2, -0.15) is 0 Å². The molecule has 2 aliphatic heterocycles. The van der Waals surface area contributed by atoms with Gasteiger partial charge >= 0.3 is 12.2 Å². The standard InChI is InChI=1S/C31H33FN6O8/c1-19(39)33-15-23-18-38(31(43)46-23)21-7-8-26(25(32)13-21)37-11-9-36(10-12-37)17-22-14-24(27(45-22)16-34-44)29(40)28(35-30(41)42)20-5-3-2-4-6-20/h2-8,13-14,16,23,28,35,44H,9-12,15,17-18H2,1H3,(H,33,39)(H,41,42)/b34-16+/t23-,28?/m0/s1. The van der Waals surface area contributed by atoms with E-state index in [2.05, 4.69) is 20.7 Å². The van der Waals surface area contributed by atoms with Crippen molar-refractivity contribution in [1.29, 1.82) is 0 Å². The maximum absolute atomic E-state index is 15.3. The van der Waals surface area contributed by atoms with Crippen molar-refractivity contribution in [2.75, 3.05) is 49.1 Å². The number of hydrogen-bond donors (Lipinski definition) is 4. The number of furan rings is 1. The Morgan fingerprint density at radius 1 is 1.11 bits per heavy atom. The van der Waals surface area contributed by atoms with E-state index in [1.54, 1.807) is 42.5 Å². The molecule has 0 spiro atoms. The number of benzene rings is 2. The molecule has 4 N–H and O–H groups in total. The minimum Gasteiger partial charge on any atom is -0.465 e. The monoisotopic (exact) mass is 636 g/mol. The smallest absolute Gasteiger partial charge is 0.414 e. The first-order valence-corrected chi connectivity index (χ1v) is 14.5. The number of amides is 3. The van der Waals surface area contributed by atoms with E-state index in [1.165, 1.54) is 24.0 Å². The van der Waals surface area contributed by atoms with Crippen molar-refractivity contribution in [1.82, 2.24) is 15.5 Å². The Labute approximate surface area is 263 Å². The van der Waals surface area contributed by atoms with Gasteiger partial charge in [-0.3, -0.25) is 19.4 Å². The van der Waals surface area contributed by atoms with E-state index < -0.39 is 35.9 Å². The van der Waals surface area contributed by atoms with Gasteiger partial charge in [-0.05, 0) is 29.8 Å². The van der Waals surface area contributed by atoms with E-state index in [4.69, 9.17) is 14.4 Å². The van der Waals surface area contributed by atoms with E-state index in [0.717, 1.165) is 6.21 Å². The maximum atomic E-state index is 15.3. The first kappa shape index (κ1) is 32.0.